The van der Waals surface area contributed by atoms with Crippen LogP contribution in [0.4, 0.5) is 13.2 Å². The summed E-state index contributed by atoms with van der Waals surface area (Å²) in [4.78, 5) is 52.1. The van der Waals surface area contributed by atoms with Crippen molar-refractivity contribution in [3.63, 3.8) is 0 Å². The zero-order valence-electron chi connectivity index (χ0n) is 58.0. The number of aromatic nitrogens is 4. The molecule has 0 unspecified atom stereocenters. The minimum atomic E-state index is -5.79. The predicted molar refractivity (Wildman–Crippen MR) is 381 cm³/mol. The third-order valence-electron chi connectivity index (χ3n) is 18.0. The van der Waals surface area contributed by atoms with Crippen molar-refractivity contribution >= 4 is 99.7 Å². The van der Waals surface area contributed by atoms with Gasteiger partial charge in [0, 0.05) is 52.6 Å². The van der Waals surface area contributed by atoms with E-state index in [0.29, 0.717) is 68.6 Å². The van der Waals surface area contributed by atoms with E-state index in [1.165, 1.54) is 84.9 Å². The van der Waals surface area contributed by atoms with Crippen molar-refractivity contribution in [3.05, 3.63) is 157 Å². The lowest BCUT2D eigenvalue weighted by Crippen LogP contribution is -2.33. The molecule has 3 aromatic carbocycles. The molecule has 7 aromatic rings. The molecule has 544 valence electrons. The van der Waals surface area contributed by atoms with E-state index >= 15 is 0 Å². The molecule has 4 aromatic heterocycles. The van der Waals surface area contributed by atoms with Crippen molar-refractivity contribution in [2.75, 3.05) is 49.8 Å². The van der Waals surface area contributed by atoms with Crippen LogP contribution in [-0.2, 0) is 24.3 Å². The second-order valence-electron chi connectivity index (χ2n) is 25.7. The quantitative estimate of drug-likeness (QED) is 0.0230. The molecule has 3 aliphatic carbocycles. The molecular formula is C70H81B2Cl4F3N4O17S. The van der Waals surface area contributed by atoms with Crippen molar-refractivity contribution < 1.29 is 93.4 Å². The molecular weight excluding hydrogens is 1420 g/mol. The van der Waals surface area contributed by atoms with Gasteiger partial charge in [0.15, 0.2) is 0 Å². The van der Waals surface area contributed by atoms with Gasteiger partial charge in [-0.2, -0.15) is 21.6 Å². The summed E-state index contributed by atoms with van der Waals surface area (Å²) in [6.07, 6.45) is 12.0. The third kappa shape index (κ3) is 20.9. The number of carbonyl (C=O) groups is 3. The maximum Gasteiger partial charge on any atom is 0.534 e. The van der Waals surface area contributed by atoms with Gasteiger partial charge in [0.05, 0.1) is 104 Å². The average Bonchev–Trinajstić information content (AvgIpc) is 1.77. The number of carbonyl (C=O) groups excluding carboxylic acids is 3. The summed E-state index contributed by atoms with van der Waals surface area (Å²) in [5.41, 5.74) is 1.92. The van der Waals surface area contributed by atoms with Gasteiger partial charge in [-0.25, -0.2) is 34.3 Å². The Balaban J connectivity index is 0.000000206. The Hall–Kier alpha value is -7.46. The van der Waals surface area contributed by atoms with Crippen LogP contribution in [0, 0.1) is 16.2 Å². The molecule has 4 heterocycles. The third-order valence-corrected chi connectivity index (χ3v) is 20.2. The van der Waals surface area contributed by atoms with Gasteiger partial charge >= 0.3 is 47.8 Å². The van der Waals surface area contributed by atoms with E-state index in [0.717, 1.165) is 72.4 Å². The molecule has 10 rings (SSSR count). The van der Waals surface area contributed by atoms with Crippen molar-refractivity contribution in [2.45, 2.75) is 123 Å². The Bertz CT molecular complexity index is 3980. The first-order chi connectivity index (χ1) is 47.4. The highest BCUT2D eigenvalue weighted by Gasteiger charge is 2.50. The molecule has 0 radical (unpaired) electrons. The molecule has 0 spiro atoms. The number of benzene rings is 3. The summed E-state index contributed by atoms with van der Waals surface area (Å²) < 4.78 is 99.6. The van der Waals surface area contributed by atoms with Crippen LogP contribution in [0.15, 0.2) is 103 Å². The number of hydrogen-bond donors (Lipinski definition) is 4. The van der Waals surface area contributed by atoms with Crippen molar-refractivity contribution in [2.24, 2.45) is 16.2 Å². The molecule has 31 heteroatoms. The van der Waals surface area contributed by atoms with Gasteiger partial charge in [-0.3, -0.25) is 0 Å². The van der Waals surface area contributed by atoms with Crippen molar-refractivity contribution in [3.8, 4) is 51.7 Å². The number of ether oxygens (including phenoxy) is 7. The highest BCUT2D eigenvalue weighted by molar-refractivity contribution is 7.88. The first-order valence-electron chi connectivity index (χ1n) is 31.6. The van der Waals surface area contributed by atoms with E-state index < -0.39 is 41.6 Å². The first kappa shape index (κ1) is 82.5. The van der Waals surface area contributed by atoms with Gasteiger partial charge in [0.2, 0.25) is 23.5 Å². The second-order valence-corrected chi connectivity index (χ2v) is 28.9. The second kappa shape index (κ2) is 35.6. The molecule has 3 atom stereocenters. The molecule has 0 bridgehead atoms. The van der Waals surface area contributed by atoms with Crippen LogP contribution < -0.4 is 34.2 Å². The first-order valence-corrected chi connectivity index (χ1v) is 34.6. The van der Waals surface area contributed by atoms with Crippen LogP contribution in [0.5, 0.6) is 29.3 Å². The Morgan fingerprint density at radius 3 is 1.32 bits per heavy atom. The molecule has 3 saturated carbocycles. The highest BCUT2D eigenvalue weighted by atomic mass is 35.5. The Kier molecular flexibility index (Phi) is 29.1. The molecule has 3 fully saturated rings. The fourth-order valence-electron chi connectivity index (χ4n) is 12.6. The number of alkyl halides is 3. The van der Waals surface area contributed by atoms with E-state index in [1.807, 2.05) is 44.2 Å². The lowest BCUT2D eigenvalue weighted by Gasteiger charge is -2.29. The maximum absolute atomic E-state index is 12.7. The van der Waals surface area contributed by atoms with E-state index in [2.05, 4.69) is 56.6 Å². The summed E-state index contributed by atoms with van der Waals surface area (Å²) in [6, 6.07) is 24.7. The number of halogens is 7. The lowest BCUT2D eigenvalue weighted by atomic mass is 9.75. The fraction of sp³-hybridized carbons (Fsp3) is 0.414. The number of esters is 3. The SMILES string of the molecule is COC(=O)c1ccc(-c2cc(OC)ncc2Cl)c([C@@H]2CCCC2(C)C)c1.COC(=O)c1ccc(-c2nc(OC)ccc2Cl)c([C@@H]2CCCC2(C)C)c1.COC(=O)c1ccc(OS(=O)(=O)C(F)(F)F)c([C@@H]2CCCC2(C)C)c1.COc1cc(B(O)O)c(Cl)cn1.COc1ccc(Cl)c(B(O)O)n1. The summed E-state index contributed by atoms with van der Waals surface area (Å²) >= 11 is 24.1. The minimum absolute atomic E-state index is 0.00369. The van der Waals surface area contributed by atoms with Crippen LogP contribution in [0.1, 0.15) is 165 Å². The zero-order valence-corrected chi connectivity index (χ0v) is 61.8. The minimum Gasteiger partial charge on any atom is -0.481 e. The molecule has 101 heavy (non-hydrogen) atoms. The van der Waals surface area contributed by atoms with Gasteiger partial charge in [-0.05, 0) is 144 Å². The predicted octanol–water partition coefficient (Wildman–Crippen LogP) is 13.8. The summed E-state index contributed by atoms with van der Waals surface area (Å²) in [7, 11) is 0.949. The Morgan fingerprint density at radius 1 is 0.485 bits per heavy atom. The Labute approximate surface area is 606 Å². The van der Waals surface area contributed by atoms with E-state index in [1.54, 1.807) is 44.7 Å². The normalized spacial score (nSPS) is 16.9. The lowest BCUT2D eigenvalue weighted by molar-refractivity contribution is -0.0500. The number of methoxy groups -OCH3 is 7. The standard InChI is InChI=1S/2C21H24ClNO3.C16H19F3O5S.2C6H7BClNO3/c1-21(2)11-5-6-16(21)15-12-13(20(24)26-4)7-8-14(15)19-17(22)9-10-18(23-19)25-3;1-21(2)9-5-6-17(21)15-10-13(20(24)26-4)7-8-14(15)16-11-19(25-3)23-12-18(16)22;1-15(2)8-4-5-12(15)11-9-10(14(20)23-3)6-7-13(11)24-25(21,22)16(17,18)19;1-12-6-2-4(7(10)11)5(8)3-9-6;1-12-5-3-2-4(8)6(9-5)7(10)11/h7-10,12,16H,5-6,11H2,1-4H3;7-8,10-12,17H,5-6,9H2,1-4H3;6-7,9,12H,4-5,8H2,1-3H3;2*2-3,10-11H,1H3/t16-;17-;12-;;/m000../s1. The summed E-state index contributed by atoms with van der Waals surface area (Å²) in [5.74, 6) is 0.303. The highest BCUT2D eigenvalue weighted by Crippen LogP contribution is 2.54. The smallest absolute Gasteiger partial charge is 0.481 e. The number of pyridine rings is 4. The van der Waals surface area contributed by atoms with E-state index in [9.17, 15) is 36.0 Å². The Morgan fingerprint density at radius 2 is 0.891 bits per heavy atom. The molecule has 0 amide bonds. The van der Waals surface area contributed by atoms with E-state index in [4.69, 9.17) is 94.9 Å². The van der Waals surface area contributed by atoms with Crippen molar-refractivity contribution in [1.29, 1.82) is 0 Å². The molecule has 0 aliphatic heterocycles. The van der Waals surface area contributed by atoms with Gasteiger partial charge in [0.1, 0.15) is 5.75 Å². The zero-order chi connectivity index (χ0) is 75.1. The summed E-state index contributed by atoms with van der Waals surface area (Å²) in [5, 5.41) is 36.7. The number of rotatable bonds is 16. The largest absolute Gasteiger partial charge is 0.534 e. The monoisotopic (exact) mass is 1500 g/mol. The van der Waals surface area contributed by atoms with Crippen molar-refractivity contribution in [1.82, 2.24) is 19.9 Å². The van der Waals surface area contributed by atoms with Gasteiger partial charge in [-0.1, -0.05) is 119 Å². The van der Waals surface area contributed by atoms with Crippen LogP contribution in [-0.4, -0.2) is 136 Å². The molecule has 21 nitrogen and oxygen atoms in total. The number of nitrogens with zero attached hydrogens (tertiary/aromatic N) is 4. The topological polar surface area (TPSA) is 292 Å². The maximum atomic E-state index is 12.7. The molecule has 3 aliphatic rings. The number of hydrogen-bond acceptors (Lipinski definition) is 21. The molecule has 4 N–H and O–H groups in total. The average molecular weight is 1500 g/mol. The van der Waals surface area contributed by atoms with Crippen LogP contribution in [0.2, 0.25) is 20.1 Å². The van der Waals surface area contributed by atoms with E-state index in [-0.39, 0.29) is 66.3 Å². The summed E-state index contributed by atoms with van der Waals surface area (Å²) in [6.45, 7) is 13.0. The van der Waals surface area contributed by atoms with Gasteiger partial charge < -0.3 is 57.4 Å². The van der Waals surface area contributed by atoms with Gasteiger partial charge in [0.25, 0.3) is 0 Å². The van der Waals surface area contributed by atoms with Gasteiger partial charge in [-0.15, -0.1) is 0 Å². The van der Waals surface area contributed by atoms with Crippen LogP contribution >= 0.6 is 46.4 Å². The molecule has 0 saturated heterocycles. The van der Waals surface area contributed by atoms with Crippen LogP contribution in [0.3, 0.4) is 0 Å². The van der Waals surface area contributed by atoms with Crippen LogP contribution in [0.25, 0.3) is 22.4 Å². The fourth-order valence-corrected chi connectivity index (χ4v) is 13.9.